The van der Waals surface area contributed by atoms with Gasteiger partial charge in [-0.1, -0.05) is 0 Å². The van der Waals surface area contributed by atoms with Crippen molar-refractivity contribution in [2.45, 2.75) is 13.5 Å². The lowest BCUT2D eigenvalue weighted by Crippen LogP contribution is -2.05. The number of nitrogens with zero attached hydrogens (tertiary/aromatic N) is 3. The summed E-state index contributed by atoms with van der Waals surface area (Å²) >= 11 is 0. The molecule has 6 nitrogen and oxygen atoms in total. The molecule has 0 aliphatic rings. The number of methoxy groups -OCH3 is 1. The summed E-state index contributed by atoms with van der Waals surface area (Å²) in [5, 5.41) is 17.0. The summed E-state index contributed by atoms with van der Waals surface area (Å²) in [6.45, 7) is 1.95. The first-order valence-electron chi connectivity index (χ1n) is 8.08. The molecule has 0 saturated heterocycles. The molecule has 0 spiro atoms. The molecule has 1 aromatic heterocycles. The van der Waals surface area contributed by atoms with Gasteiger partial charge in [0, 0.05) is 11.8 Å². The Hall–Kier alpha value is -3.59. The van der Waals surface area contributed by atoms with E-state index in [1.807, 2.05) is 36.5 Å². The van der Waals surface area contributed by atoms with Crippen molar-refractivity contribution in [2.75, 3.05) is 12.4 Å². The van der Waals surface area contributed by atoms with Crippen LogP contribution in [0.25, 0.3) is 5.69 Å². The average Bonchev–Trinajstić information content (AvgIpc) is 3.15. The van der Waals surface area contributed by atoms with Gasteiger partial charge in [0.2, 0.25) is 0 Å². The molecule has 1 N–H and O–H groups in total. The molecule has 2 aromatic carbocycles. The van der Waals surface area contributed by atoms with Crippen LogP contribution in [0.2, 0.25) is 0 Å². The van der Waals surface area contributed by atoms with E-state index in [2.05, 4.69) is 16.5 Å². The Labute approximate surface area is 151 Å². The zero-order valence-electron chi connectivity index (χ0n) is 14.6. The Balaban J connectivity index is 1.75. The number of benzene rings is 2. The lowest BCUT2D eigenvalue weighted by atomic mass is 10.1. The normalized spacial score (nSPS) is 10.2. The number of rotatable bonds is 6. The number of carbonyl (C=O) groups excluding carboxylic acids is 1. The van der Waals surface area contributed by atoms with Gasteiger partial charge in [-0.2, -0.15) is 10.4 Å². The van der Waals surface area contributed by atoms with Crippen molar-refractivity contribution >= 4 is 11.5 Å². The molecule has 0 aliphatic heterocycles. The van der Waals surface area contributed by atoms with Crippen molar-refractivity contribution in [1.29, 1.82) is 5.26 Å². The molecule has 130 valence electrons. The maximum absolute atomic E-state index is 11.5. The van der Waals surface area contributed by atoms with Crippen molar-refractivity contribution in [3.63, 3.8) is 0 Å². The Bertz CT molecular complexity index is 968. The molecule has 0 aliphatic carbocycles. The van der Waals surface area contributed by atoms with Crippen LogP contribution in [0.1, 0.15) is 28.5 Å². The average molecular weight is 346 g/mol. The third-order valence-corrected chi connectivity index (χ3v) is 3.99. The minimum Gasteiger partial charge on any atom is -0.497 e. The van der Waals surface area contributed by atoms with Crippen LogP contribution >= 0.6 is 0 Å². The van der Waals surface area contributed by atoms with Crippen LogP contribution in [0.15, 0.2) is 54.7 Å². The van der Waals surface area contributed by atoms with Gasteiger partial charge in [0.1, 0.15) is 11.8 Å². The zero-order valence-corrected chi connectivity index (χ0v) is 14.6. The molecule has 0 radical (unpaired) electrons. The third kappa shape index (κ3) is 3.73. The van der Waals surface area contributed by atoms with Crippen LogP contribution in [0.4, 0.5) is 5.69 Å². The predicted octanol–water partition coefficient (Wildman–Crippen LogP) is 3.57. The standard InChI is InChI=1S/C20H18N4O2/c1-14(25)15-3-4-16(12-21)20(11-15)22-13-17-9-10-24(23-17)18-5-7-19(26-2)8-6-18/h3-11,22H,13H2,1-2H3. The summed E-state index contributed by atoms with van der Waals surface area (Å²) < 4.78 is 6.93. The summed E-state index contributed by atoms with van der Waals surface area (Å²) in [5.41, 5.74) is 3.42. The summed E-state index contributed by atoms with van der Waals surface area (Å²) in [5.74, 6) is 0.749. The molecule has 0 saturated carbocycles. The molecule has 0 amide bonds. The molecule has 0 bridgehead atoms. The minimum absolute atomic E-state index is 0.0404. The first kappa shape index (κ1) is 17.2. The quantitative estimate of drug-likeness (QED) is 0.690. The summed E-state index contributed by atoms with van der Waals surface area (Å²) in [6, 6.07) is 16.6. The van der Waals surface area contributed by atoms with Gasteiger partial charge in [-0.3, -0.25) is 4.79 Å². The maximum Gasteiger partial charge on any atom is 0.159 e. The number of ether oxygens (including phenoxy) is 1. The van der Waals surface area contributed by atoms with Crippen LogP contribution in [0.3, 0.4) is 0 Å². The van der Waals surface area contributed by atoms with Crippen LogP contribution in [0, 0.1) is 11.3 Å². The predicted molar refractivity (Wildman–Crippen MR) is 98.6 cm³/mol. The lowest BCUT2D eigenvalue weighted by Gasteiger charge is -2.08. The van der Waals surface area contributed by atoms with E-state index in [1.54, 1.807) is 30.0 Å². The van der Waals surface area contributed by atoms with Crippen LogP contribution < -0.4 is 10.1 Å². The molecule has 0 fully saturated rings. The molecule has 6 heteroatoms. The highest BCUT2D eigenvalue weighted by atomic mass is 16.5. The van der Waals surface area contributed by atoms with Crippen LogP contribution in [0.5, 0.6) is 5.75 Å². The fraction of sp³-hybridized carbons (Fsp3) is 0.150. The van der Waals surface area contributed by atoms with E-state index >= 15 is 0 Å². The highest BCUT2D eigenvalue weighted by Gasteiger charge is 2.08. The number of nitrogens with one attached hydrogen (secondary N) is 1. The second-order valence-electron chi connectivity index (χ2n) is 5.73. The number of Topliss-reactive ketones (excluding diaryl/α,β-unsaturated/α-hetero) is 1. The monoisotopic (exact) mass is 346 g/mol. The van der Waals surface area contributed by atoms with Gasteiger partial charge in [-0.15, -0.1) is 0 Å². The molecule has 26 heavy (non-hydrogen) atoms. The van der Waals surface area contributed by atoms with Gasteiger partial charge >= 0.3 is 0 Å². The fourth-order valence-corrected chi connectivity index (χ4v) is 2.53. The fourth-order valence-electron chi connectivity index (χ4n) is 2.53. The molecule has 1 heterocycles. The highest BCUT2D eigenvalue weighted by Crippen LogP contribution is 2.19. The Morgan fingerprint density at radius 2 is 2.00 bits per heavy atom. The third-order valence-electron chi connectivity index (χ3n) is 3.99. The van der Waals surface area contributed by atoms with Crippen LogP contribution in [-0.2, 0) is 6.54 Å². The number of nitriles is 1. The van der Waals surface area contributed by atoms with Gasteiger partial charge in [-0.05, 0) is 55.5 Å². The number of ketones is 1. The molecule has 3 rings (SSSR count). The maximum atomic E-state index is 11.5. The first-order chi connectivity index (χ1) is 12.6. The second kappa shape index (κ2) is 7.53. The van der Waals surface area contributed by atoms with Gasteiger partial charge < -0.3 is 10.1 Å². The topological polar surface area (TPSA) is 79.9 Å². The van der Waals surface area contributed by atoms with Gasteiger partial charge in [0.25, 0.3) is 0 Å². The molecule has 0 atom stereocenters. The van der Waals surface area contributed by atoms with E-state index in [4.69, 9.17) is 4.74 Å². The number of aromatic nitrogens is 2. The SMILES string of the molecule is COc1ccc(-n2ccc(CNc3cc(C(C)=O)ccc3C#N)n2)cc1. The van der Waals surface area contributed by atoms with Gasteiger partial charge in [0.05, 0.1) is 36.3 Å². The van der Waals surface area contributed by atoms with E-state index in [0.717, 1.165) is 17.1 Å². The highest BCUT2D eigenvalue weighted by molar-refractivity contribution is 5.95. The van der Waals surface area contributed by atoms with Crippen molar-refractivity contribution in [3.05, 3.63) is 71.5 Å². The van der Waals surface area contributed by atoms with Crippen molar-refractivity contribution in [3.8, 4) is 17.5 Å². The molecule has 0 unspecified atom stereocenters. The molecular formula is C20H18N4O2. The summed E-state index contributed by atoms with van der Waals surface area (Å²) in [6.07, 6.45) is 1.87. The first-order valence-corrected chi connectivity index (χ1v) is 8.08. The minimum atomic E-state index is -0.0404. The largest absolute Gasteiger partial charge is 0.497 e. The van der Waals surface area contributed by atoms with Crippen molar-refractivity contribution in [1.82, 2.24) is 9.78 Å². The van der Waals surface area contributed by atoms with Crippen LogP contribution in [-0.4, -0.2) is 22.7 Å². The van der Waals surface area contributed by atoms with Gasteiger partial charge in [-0.25, -0.2) is 4.68 Å². The Morgan fingerprint density at radius 3 is 2.65 bits per heavy atom. The van der Waals surface area contributed by atoms with Gasteiger partial charge in [0.15, 0.2) is 5.78 Å². The van der Waals surface area contributed by atoms with E-state index < -0.39 is 0 Å². The van der Waals surface area contributed by atoms with Crippen molar-refractivity contribution in [2.24, 2.45) is 0 Å². The summed E-state index contributed by atoms with van der Waals surface area (Å²) in [4.78, 5) is 11.5. The van der Waals surface area contributed by atoms with E-state index in [-0.39, 0.29) is 5.78 Å². The van der Waals surface area contributed by atoms with E-state index in [9.17, 15) is 10.1 Å². The summed E-state index contributed by atoms with van der Waals surface area (Å²) in [7, 11) is 1.63. The second-order valence-corrected chi connectivity index (χ2v) is 5.73. The van der Waals surface area contributed by atoms with Crippen molar-refractivity contribution < 1.29 is 9.53 Å². The van der Waals surface area contributed by atoms with E-state index in [0.29, 0.717) is 23.4 Å². The molecular weight excluding hydrogens is 328 g/mol. The number of hydrogen-bond donors (Lipinski definition) is 1. The number of carbonyl (C=O) groups is 1. The zero-order chi connectivity index (χ0) is 18.5. The number of hydrogen-bond acceptors (Lipinski definition) is 5. The Kier molecular flexibility index (Phi) is 4.99. The Morgan fingerprint density at radius 1 is 1.23 bits per heavy atom. The number of anilines is 1. The smallest absolute Gasteiger partial charge is 0.159 e. The van der Waals surface area contributed by atoms with E-state index in [1.165, 1.54) is 6.92 Å². The lowest BCUT2D eigenvalue weighted by molar-refractivity contribution is 0.101. The molecule has 3 aromatic rings.